The number of hydrogen-bond acceptors (Lipinski definition) is 2. The minimum atomic E-state index is -0.276. The summed E-state index contributed by atoms with van der Waals surface area (Å²) in [6, 6.07) is 3.49. The van der Waals surface area contributed by atoms with Gasteiger partial charge in [0.1, 0.15) is 11.6 Å². The van der Waals surface area contributed by atoms with E-state index in [1.807, 2.05) is 6.07 Å². The lowest BCUT2D eigenvalue weighted by molar-refractivity contribution is 0.853. The molecule has 3 nitrogen and oxygen atoms in total. The molecule has 56 valence electrons. The lowest BCUT2D eigenvalue weighted by atomic mass is 10.3. The number of hydrogen-bond donors (Lipinski definition) is 0. The Hall–Kier alpha value is -1.08. The number of aryl methyl sites for hydroxylation is 1. The van der Waals surface area contributed by atoms with Crippen molar-refractivity contribution in [2.45, 2.75) is 0 Å². The van der Waals surface area contributed by atoms with Crippen molar-refractivity contribution in [3.8, 4) is 6.07 Å². The predicted molar refractivity (Wildman–Crippen MR) is 44.1 cm³/mol. The average molecular weight is 213 g/mol. The molecule has 1 aromatic rings. The third kappa shape index (κ3) is 1.33. The molecule has 0 fully saturated rings. The highest BCUT2D eigenvalue weighted by atomic mass is 79.9. The van der Waals surface area contributed by atoms with E-state index in [-0.39, 0.29) is 11.1 Å². The minimum absolute atomic E-state index is 0.148. The molecule has 4 heteroatoms. The number of halogens is 1. The molecule has 0 unspecified atom stereocenters. The van der Waals surface area contributed by atoms with E-state index in [0.717, 1.165) is 0 Å². The van der Waals surface area contributed by atoms with Crippen LogP contribution in [0.2, 0.25) is 0 Å². The maximum atomic E-state index is 11.1. The number of nitriles is 1. The number of aromatic nitrogens is 1. The second-order valence-corrected chi connectivity index (χ2v) is 2.92. The molecule has 0 N–H and O–H groups in total. The Bertz CT molecular complexity index is 375. The summed E-state index contributed by atoms with van der Waals surface area (Å²) in [5, 5.41) is 8.53. The summed E-state index contributed by atoms with van der Waals surface area (Å²) in [6.07, 6.45) is 1.60. The van der Waals surface area contributed by atoms with Crippen molar-refractivity contribution in [1.29, 1.82) is 5.26 Å². The molecule has 1 aromatic heterocycles. The van der Waals surface area contributed by atoms with Gasteiger partial charge in [-0.1, -0.05) is 0 Å². The second kappa shape index (κ2) is 2.89. The molecule has 0 spiro atoms. The Balaban J connectivity index is 3.58. The van der Waals surface area contributed by atoms with E-state index in [1.165, 1.54) is 4.57 Å². The summed E-state index contributed by atoms with van der Waals surface area (Å²) in [6.45, 7) is 0. The quantitative estimate of drug-likeness (QED) is 0.645. The zero-order chi connectivity index (χ0) is 8.43. The summed E-state index contributed by atoms with van der Waals surface area (Å²) in [7, 11) is 1.61. The van der Waals surface area contributed by atoms with Crippen LogP contribution in [0, 0.1) is 11.3 Å². The van der Waals surface area contributed by atoms with Crippen molar-refractivity contribution >= 4 is 15.9 Å². The van der Waals surface area contributed by atoms with Crippen LogP contribution in [0.5, 0.6) is 0 Å². The highest BCUT2D eigenvalue weighted by Crippen LogP contribution is 2.09. The van der Waals surface area contributed by atoms with Gasteiger partial charge in [-0.3, -0.25) is 4.79 Å². The molecule has 0 saturated heterocycles. The maximum Gasteiger partial charge on any atom is 0.269 e. The first kappa shape index (κ1) is 8.02. The Morgan fingerprint density at radius 1 is 1.73 bits per heavy atom. The van der Waals surface area contributed by atoms with Gasteiger partial charge in [-0.05, 0) is 22.0 Å². The van der Waals surface area contributed by atoms with Gasteiger partial charge < -0.3 is 4.57 Å². The van der Waals surface area contributed by atoms with Crippen LogP contribution in [0.1, 0.15) is 5.56 Å². The van der Waals surface area contributed by atoms with Gasteiger partial charge in [-0.15, -0.1) is 0 Å². The van der Waals surface area contributed by atoms with Crippen LogP contribution in [0.15, 0.2) is 21.5 Å². The van der Waals surface area contributed by atoms with Crippen LogP contribution >= 0.6 is 15.9 Å². The first-order valence-electron chi connectivity index (χ1n) is 2.92. The van der Waals surface area contributed by atoms with Gasteiger partial charge in [-0.2, -0.15) is 5.26 Å². The molecule has 1 heterocycles. The summed E-state index contributed by atoms with van der Waals surface area (Å²) in [5.41, 5.74) is -0.128. The van der Waals surface area contributed by atoms with Gasteiger partial charge >= 0.3 is 0 Å². The van der Waals surface area contributed by atoms with Crippen LogP contribution in [0.25, 0.3) is 0 Å². The fourth-order valence-electron chi connectivity index (χ4n) is 0.708. The Morgan fingerprint density at radius 3 is 2.82 bits per heavy atom. The van der Waals surface area contributed by atoms with Gasteiger partial charge in [0.15, 0.2) is 0 Å². The van der Waals surface area contributed by atoms with E-state index in [9.17, 15) is 4.79 Å². The fraction of sp³-hybridized carbons (Fsp3) is 0.143. The summed E-state index contributed by atoms with van der Waals surface area (Å²) >= 11 is 3.11. The molecule has 0 radical (unpaired) electrons. The third-order valence-corrected chi connectivity index (χ3v) is 1.99. The smallest absolute Gasteiger partial charge is 0.269 e. The van der Waals surface area contributed by atoms with E-state index in [1.54, 1.807) is 19.3 Å². The Kier molecular flexibility index (Phi) is 2.11. The van der Waals surface area contributed by atoms with E-state index in [4.69, 9.17) is 5.26 Å². The largest absolute Gasteiger partial charge is 0.317 e. The molecule has 0 atom stereocenters. The first-order chi connectivity index (χ1) is 5.16. The highest BCUT2D eigenvalue weighted by molar-refractivity contribution is 9.10. The van der Waals surface area contributed by atoms with E-state index in [0.29, 0.717) is 4.47 Å². The average Bonchev–Trinajstić information content (AvgIpc) is 1.99. The molecule has 0 aliphatic rings. The topological polar surface area (TPSA) is 45.8 Å². The molecular weight excluding hydrogens is 208 g/mol. The van der Waals surface area contributed by atoms with Crippen molar-refractivity contribution in [2.24, 2.45) is 7.05 Å². The van der Waals surface area contributed by atoms with E-state index >= 15 is 0 Å². The molecular formula is C7H5BrN2O. The minimum Gasteiger partial charge on any atom is -0.317 e. The van der Waals surface area contributed by atoms with Crippen LogP contribution in [0.3, 0.4) is 0 Å². The van der Waals surface area contributed by atoms with E-state index in [2.05, 4.69) is 15.9 Å². The monoisotopic (exact) mass is 212 g/mol. The Labute approximate surface area is 72.0 Å². The van der Waals surface area contributed by atoms with Gasteiger partial charge in [0.25, 0.3) is 5.56 Å². The van der Waals surface area contributed by atoms with Crippen LogP contribution in [0.4, 0.5) is 0 Å². The predicted octanol–water partition coefficient (Wildman–Crippen LogP) is 1.02. The molecule has 1 rings (SSSR count). The molecule has 0 aliphatic carbocycles. The van der Waals surface area contributed by atoms with Gasteiger partial charge in [0.2, 0.25) is 0 Å². The van der Waals surface area contributed by atoms with Crippen molar-refractivity contribution in [2.75, 3.05) is 0 Å². The standard InChI is InChI=1S/C7H5BrN2O/c1-10-3-2-6(8)5(4-9)7(10)11/h2-3H,1H3. The van der Waals surface area contributed by atoms with Crippen molar-refractivity contribution in [3.63, 3.8) is 0 Å². The zero-order valence-corrected chi connectivity index (χ0v) is 7.42. The second-order valence-electron chi connectivity index (χ2n) is 2.07. The van der Waals surface area contributed by atoms with Crippen LogP contribution in [-0.4, -0.2) is 4.57 Å². The molecule has 11 heavy (non-hydrogen) atoms. The summed E-state index contributed by atoms with van der Waals surface area (Å²) in [4.78, 5) is 11.1. The molecule has 0 bridgehead atoms. The number of pyridine rings is 1. The summed E-state index contributed by atoms with van der Waals surface area (Å²) in [5.74, 6) is 0. The highest BCUT2D eigenvalue weighted by Gasteiger charge is 2.03. The van der Waals surface area contributed by atoms with Crippen LogP contribution in [-0.2, 0) is 7.05 Å². The SMILES string of the molecule is Cn1ccc(Br)c(C#N)c1=O. The lowest BCUT2D eigenvalue weighted by Gasteiger charge is -1.97. The number of rotatable bonds is 0. The van der Waals surface area contributed by atoms with Crippen molar-refractivity contribution in [1.82, 2.24) is 4.57 Å². The molecule has 0 amide bonds. The third-order valence-electron chi connectivity index (χ3n) is 1.33. The molecule has 0 aromatic carbocycles. The summed E-state index contributed by atoms with van der Waals surface area (Å²) < 4.78 is 1.91. The molecule has 0 aliphatic heterocycles. The van der Waals surface area contributed by atoms with Crippen molar-refractivity contribution in [3.05, 3.63) is 32.7 Å². The van der Waals surface area contributed by atoms with Gasteiger partial charge in [0, 0.05) is 17.7 Å². The lowest BCUT2D eigenvalue weighted by Crippen LogP contribution is -2.18. The van der Waals surface area contributed by atoms with Gasteiger partial charge in [0.05, 0.1) is 0 Å². The number of nitrogens with zero attached hydrogens (tertiary/aromatic N) is 2. The van der Waals surface area contributed by atoms with Crippen LogP contribution < -0.4 is 5.56 Å². The zero-order valence-electron chi connectivity index (χ0n) is 5.84. The normalized spacial score (nSPS) is 9.18. The molecule has 0 saturated carbocycles. The van der Waals surface area contributed by atoms with Crippen molar-refractivity contribution < 1.29 is 0 Å². The first-order valence-corrected chi connectivity index (χ1v) is 3.71. The van der Waals surface area contributed by atoms with E-state index < -0.39 is 0 Å². The van der Waals surface area contributed by atoms with Gasteiger partial charge in [-0.25, -0.2) is 0 Å². The maximum absolute atomic E-state index is 11.1. The Morgan fingerprint density at radius 2 is 2.36 bits per heavy atom. The fourth-order valence-corrected chi connectivity index (χ4v) is 1.08.